The van der Waals surface area contributed by atoms with Gasteiger partial charge in [0, 0.05) is 24.5 Å². The predicted octanol–water partition coefficient (Wildman–Crippen LogP) is 6.89. The molecule has 0 fully saturated rings. The van der Waals surface area contributed by atoms with Crippen molar-refractivity contribution < 1.29 is 23.2 Å². The first-order valence-corrected chi connectivity index (χ1v) is 17.6. The number of carbonyl (C=O) groups excluding carboxylic acids is 2. The predicted molar refractivity (Wildman–Crippen MR) is 139 cm³/mol. The molecule has 5 nitrogen and oxygen atoms in total. The van der Waals surface area contributed by atoms with E-state index < -0.39 is 34.1 Å². The van der Waals surface area contributed by atoms with Crippen LogP contribution in [0.2, 0.25) is 36.3 Å². The molecular weight excluding hydrogens is 436 g/mol. The smallest absolute Gasteiger partial charge is 0.330 e. The van der Waals surface area contributed by atoms with Crippen molar-refractivity contribution in [2.24, 2.45) is 5.41 Å². The monoisotopic (exact) mass is 486 g/mol. The number of hydrogen-bond donors (Lipinski definition) is 0. The van der Waals surface area contributed by atoms with Crippen LogP contribution in [0.25, 0.3) is 0 Å². The van der Waals surface area contributed by atoms with Gasteiger partial charge in [0.1, 0.15) is 5.78 Å². The Morgan fingerprint density at radius 3 is 1.75 bits per heavy atom. The number of rotatable bonds is 11. The lowest BCUT2D eigenvalue weighted by Gasteiger charge is -2.41. The van der Waals surface area contributed by atoms with Crippen LogP contribution in [0.1, 0.15) is 75.7 Å². The second-order valence-electron chi connectivity index (χ2n) is 12.6. The second kappa shape index (κ2) is 11.1. The van der Waals surface area contributed by atoms with Gasteiger partial charge in [-0.25, -0.2) is 4.79 Å². The Labute approximate surface area is 199 Å². The quantitative estimate of drug-likeness (QED) is 0.181. The summed E-state index contributed by atoms with van der Waals surface area (Å²) in [5, 5.41) is 0.0680. The van der Waals surface area contributed by atoms with Crippen LogP contribution < -0.4 is 0 Å². The minimum Gasteiger partial charge on any atom is -0.463 e. The van der Waals surface area contributed by atoms with Crippen molar-refractivity contribution >= 4 is 28.4 Å². The molecule has 0 aliphatic heterocycles. The van der Waals surface area contributed by atoms with Crippen LogP contribution in [-0.4, -0.2) is 47.7 Å². The zero-order valence-corrected chi connectivity index (χ0v) is 25.3. The van der Waals surface area contributed by atoms with Crippen molar-refractivity contribution in [3.8, 4) is 0 Å². The molecule has 0 N–H and O–H groups in total. The molecule has 0 radical (unpaired) electrons. The van der Waals surface area contributed by atoms with Crippen LogP contribution in [0.3, 0.4) is 0 Å². The van der Waals surface area contributed by atoms with Crippen molar-refractivity contribution in [3.05, 3.63) is 11.6 Å². The number of ketones is 1. The number of esters is 1. The Morgan fingerprint density at radius 1 is 0.875 bits per heavy atom. The van der Waals surface area contributed by atoms with Crippen LogP contribution in [-0.2, 0) is 23.2 Å². The van der Waals surface area contributed by atoms with Gasteiger partial charge in [0.2, 0.25) is 0 Å². The lowest BCUT2D eigenvalue weighted by Crippen LogP contribution is -2.47. The van der Waals surface area contributed by atoms with Crippen LogP contribution in [0.4, 0.5) is 0 Å². The first-order valence-electron chi connectivity index (χ1n) is 11.8. The third-order valence-electron chi connectivity index (χ3n) is 7.11. The van der Waals surface area contributed by atoms with Gasteiger partial charge in [-0.3, -0.25) is 4.79 Å². The highest BCUT2D eigenvalue weighted by molar-refractivity contribution is 6.74. The van der Waals surface area contributed by atoms with Gasteiger partial charge in [0.25, 0.3) is 0 Å². The molecule has 0 saturated carbocycles. The second-order valence-corrected chi connectivity index (χ2v) is 22.1. The average Bonchev–Trinajstić information content (AvgIpc) is 2.57. The fraction of sp³-hybridized carbons (Fsp3) is 0.840. The molecular formula is C25H50O5Si2. The minimum absolute atomic E-state index is 0.0144. The van der Waals surface area contributed by atoms with Gasteiger partial charge in [0.15, 0.2) is 16.6 Å². The topological polar surface area (TPSA) is 61.8 Å². The molecule has 0 aromatic rings. The normalized spacial score (nSPS) is 15.5. The lowest BCUT2D eigenvalue weighted by atomic mass is 9.85. The maximum Gasteiger partial charge on any atom is 0.330 e. The first kappa shape index (κ1) is 31.2. The van der Waals surface area contributed by atoms with E-state index in [2.05, 4.69) is 67.7 Å². The van der Waals surface area contributed by atoms with Crippen molar-refractivity contribution in [1.82, 2.24) is 0 Å². The lowest BCUT2D eigenvalue weighted by molar-refractivity contribution is -0.137. The van der Waals surface area contributed by atoms with Crippen LogP contribution in [0, 0.1) is 5.41 Å². The first-order chi connectivity index (χ1) is 14.1. The third-order valence-corrected chi connectivity index (χ3v) is 16.1. The number of carbonyl (C=O) groups is 2. The highest BCUT2D eigenvalue weighted by Crippen LogP contribution is 2.40. The molecule has 0 aliphatic rings. The van der Waals surface area contributed by atoms with Crippen molar-refractivity contribution in [2.75, 3.05) is 13.2 Å². The molecule has 32 heavy (non-hydrogen) atoms. The van der Waals surface area contributed by atoms with E-state index in [1.54, 1.807) is 6.92 Å². The number of ether oxygens (including phenoxy) is 1. The van der Waals surface area contributed by atoms with Gasteiger partial charge in [-0.1, -0.05) is 55.4 Å². The van der Waals surface area contributed by atoms with Crippen LogP contribution in [0.15, 0.2) is 11.6 Å². The SMILES string of the molecule is CCOC(=O)/C=C(/C)[C@H](CC(=O)C(C)(C)CO[Si](C)(C)C(C)(C)C)O[Si](C)(C)C(C)(C)C. The summed E-state index contributed by atoms with van der Waals surface area (Å²) in [5.74, 6) is -0.321. The highest BCUT2D eigenvalue weighted by atomic mass is 28.4. The molecule has 0 spiro atoms. The molecule has 1 atom stereocenters. The minimum atomic E-state index is -2.17. The van der Waals surface area contributed by atoms with Crippen molar-refractivity contribution in [1.29, 1.82) is 0 Å². The maximum absolute atomic E-state index is 13.4. The van der Waals surface area contributed by atoms with E-state index in [0.29, 0.717) is 13.2 Å². The molecule has 0 aromatic carbocycles. The molecule has 0 unspecified atom stereocenters. The van der Waals surface area contributed by atoms with E-state index in [9.17, 15) is 9.59 Å². The van der Waals surface area contributed by atoms with Gasteiger partial charge in [-0.05, 0) is 55.7 Å². The largest absolute Gasteiger partial charge is 0.463 e. The number of Topliss-reactive ketones (excluding diaryl/α,β-unsaturated/α-hetero) is 1. The molecule has 0 amide bonds. The number of hydrogen-bond acceptors (Lipinski definition) is 5. The van der Waals surface area contributed by atoms with Gasteiger partial charge < -0.3 is 13.6 Å². The zero-order chi connectivity index (χ0) is 25.8. The summed E-state index contributed by atoms with van der Waals surface area (Å²) in [6, 6.07) is 0. The van der Waals surface area contributed by atoms with Gasteiger partial charge in [0.05, 0.1) is 12.7 Å². The summed E-state index contributed by atoms with van der Waals surface area (Å²) >= 11 is 0. The molecule has 0 bridgehead atoms. The van der Waals surface area contributed by atoms with E-state index >= 15 is 0 Å². The highest BCUT2D eigenvalue weighted by Gasteiger charge is 2.42. The Kier molecular flexibility index (Phi) is 10.8. The summed E-state index contributed by atoms with van der Waals surface area (Å²) in [4.78, 5) is 25.5. The van der Waals surface area contributed by atoms with E-state index in [-0.39, 0.29) is 22.3 Å². The van der Waals surface area contributed by atoms with Gasteiger partial charge in [-0.2, -0.15) is 0 Å². The molecule has 0 aliphatic carbocycles. The maximum atomic E-state index is 13.4. The summed E-state index contributed by atoms with van der Waals surface area (Å²) in [6.45, 7) is 30.0. The standard InChI is InChI=1S/C25H50O5Si2/c1-15-28-22(27)16-19(2)20(30-32(13,14)24(6,7)8)17-21(26)25(9,10)18-29-31(11,12)23(3,4)5/h16,20H,15,17-18H2,1-14H3/b19-16-/t20-/m0/s1. The molecule has 0 aromatic heterocycles. The van der Waals surface area contributed by atoms with Gasteiger partial charge in [-0.15, -0.1) is 0 Å². The average molecular weight is 487 g/mol. The molecule has 7 heteroatoms. The zero-order valence-electron chi connectivity index (χ0n) is 23.3. The Morgan fingerprint density at radius 2 is 1.34 bits per heavy atom. The summed E-state index contributed by atoms with van der Waals surface area (Å²) in [5.41, 5.74) is 0.0807. The van der Waals surface area contributed by atoms with E-state index in [1.807, 2.05) is 20.8 Å². The van der Waals surface area contributed by atoms with Crippen LogP contribution >= 0.6 is 0 Å². The van der Waals surface area contributed by atoms with E-state index in [0.717, 1.165) is 5.57 Å². The molecule has 0 rings (SSSR count). The molecule has 188 valence electrons. The Bertz CT molecular complexity index is 679. The summed E-state index contributed by atoms with van der Waals surface area (Å²) < 4.78 is 18.1. The summed E-state index contributed by atoms with van der Waals surface area (Å²) in [6.07, 6.45) is 1.22. The summed E-state index contributed by atoms with van der Waals surface area (Å²) in [7, 11) is -4.13. The fourth-order valence-corrected chi connectivity index (χ4v) is 4.88. The molecule has 0 heterocycles. The van der Waals surface area contributed by atoms with Crippen LogP contribution in [0.5, 0.6) is 0 Å². The Balaban J connectivity index is 5.74. The Hall–Kier alpha value is -0.766. The third kappa shape index (κ3) is 9.23. The van der Waals surface area contributed by atoms with E-state index in [1.165, 1.54) is 6.08 Å². The van der Waals surface area contributed by atoms with Crippen molar-refractivity contribution in [3.63, 3.8) is 0 Å². The van der Waals surface area contributed by atoms with Gasteiger partial charge >= 0.3 is 5.97 Å². The fourth-order valence-electron chi connectivity index (χ4n) is 2.39. The van der Waals surface area contributed by atoms with Crippen molar-refractivity contribution in [2.45, 2.75) is 118 Å². The molecule has 0 saturated heterocycles. The van der Waals surface area contributed by atoms with E-state index in [4.69, 9.17) is 13.6 Å².